The van der Waals surface area contributed by atoms with E-state index in [-0.39, 0.29) is 12.6 Å². The van der Waals surface area contributed by atoms with E-state index < -0.39 is 0 Å². The van der Waals surface area contributed by atoms with Gasteiger partial charge in [-0.2, -0.15) is 0 Å². The van der Waals surface area contributed by atoms with Crippen LogP contribution in [0.4, 0.5) is 0 Å². The lowest BCUT2D eigenvalue weighted by molar-refractivity contribution is -0.144. The van der Waals surface area contributed by atoms with Crippen LogP contribution >= 0.6 is 0 Å². The zero-order valence-electron chi connectivity index (χ0n) is 12.2. The van der Waals surface area contributed by atoms with Gasteiger partial charge in [0.15, 0.2) is 0 Å². The number of aliphatic hydroxyl groups excluding tert-OH is 1. The molecule has 0 spiro atoms. The van der Waals surface area contributed by atoms with Crippen LogP contribution in [0.2, 0.25) is 0 Å². The number of benzene rings is 2. The molecule has 3 heteroatoms. The number of hydrogen-bond acceptors (Lipinski definition) is 3. The molecule has 21 heavy (non-hydrogen) atoms. The average molecular weight is 284 g/mol. The lowest BCUT2D eigenvalue weighted by Gasteiger charge is -2.07. The summed E-state index contributed by atoms with van der Waals surface area (Å²) in [6.45, 7) is 2.30. The van der Waals surface area contributed by atoms with Crippen molar-refractivity contribution in [2.45, 2.75) is 33.0 Å². The van der Waals surface area contributed by atoms with Crippen LogP contribution in [0.1, 0.15) is 28.7 Å². The van der Waals surface area contributed by atoms with Gasteiger partial charge in [-0.1, -0.05) is 48.5 Å². The maximum Gasteiger partial charge on any atom is 0.306 e. The molecule has 0 unspecified atom stereocenters. The predicted molar refractivity (Wildman–Crippen MR) is 81.7 cm³/mol. The first-order valence-electron chi connectivity index (χ1n) is 7.08. The minimum absolute atomic E-state index is 0.0259. The zero-order chi connectivity index (χ0) is 15.1. The molecule has 0 radical (unpaired) electrons. The first-order valence-corrected chi connectivity index (χ1v) is 7.08. The standard InChI is InChI=1S/C18H20O3/c1-14-7-8-15(11-17(14)12-19)9-10-18(20)21-13-16-5-3-2-4-6-16/h2-8,11,19H,9-10,12-13H2,1H3. The highest BCUT2D eigenvalue weighted by Gasteiger charge is 2.06. The summed E-state index contributed by atoms with van der Waals surface area (Å²) in [6.07, 6.45) is 0.974. The third-order valence-corrected chi connectivity index (χ3v) is 3.44. The molecule has 0 aliphatic rings. The normalized spacial score (nSPS) is 10.4. The van der Waals surface area contributed by atoms with Gasteiger partial charge in [-0.25, -0.2) is 0 Å². The largest absolute Gasteiger partial charge is 0.461 e. The number of hydrogen-bond donors (Lipinski definition) is 1. The molecule has 1 N–H and O–H groups in total. The first-order chi connectivity index (χ1) is 10.2. The van der Waals surface area contributed by atoms with Crippen molar-refractivity contribution in [2.75, 3.05) is 0 Å². The van der Waals surface area contributed by atoms with Gasteiger partial charge in [-0.3, -0.25) is 4.79 Å². The van der Waals surface area contributed by atoms with E-state index in [0.717, 1.165) is 22.3 Å². The highest BCUT2D eigenvalue weighted by atomic mass is 16.5. The summed E-state index contributed by atoms with van der Waals surface area (Å²) in [5.74, 6) is -0.204. The second-order valence-electron chi connectivity index (χ2n) is 5.07. The average Bonchev–Trinajstić information content (AvgIpc) is 2.53. The molecule has 2 aromatic carbocycles. The van der Waals surface area contributed by atoms with Crippen LogP contribution in [0.3, 0.4) is 0 Å². The Bertz CT molecular complexity index is 591. The van der Waals surface area contributed by atoms with Crippen LogP contribution in [0.5, 0.6) is 0 Å². The van der Waals surface area contributed by atoms with Crippen LogP contribution < -0.4 is 0 Å². The van der Waals surface area contributed by atoms with Crippen LogP contribution in [-0.2, 0) is 29.2 Å². The van der Waals surface area contributed by atoms with Crippen LogP contribution in [-0.4, -0.2) is 11.1 Å². The number of aliphatic hydroxyl groups is 1. The molecule has 0 atom stereocenters. The Morgan fingerprint density at radius 2 is 1.86 bits per heavy atom. The Hall–Kier alpha value is -2.13. The highest BCUT2D eigenvalue weighted by Crippen LogP contribution is 2.13. The van der Waals surface area contributed by atoms with Gasteiger partial charge in [0.2, 0.25) is 0 Å². The summed E-state index contributed by atoms with van der Waals surface area (Å²) in [5.41, 5.74) is 4.00. The van der Waals surface area contributed by atoms with Crippen LogP contribution in [0, 0.1) is 6.92 Å². The Labute approximate surface area is 125 Å². The molecule has 0 saturated heterocycles. The fourth-order valence-electron chi connectivity index (χ4n) is 2.11. The van der Waals surface area contributed by atoms with Crippen molar-refractivity contribution in [2.24, 2.45) is 0 Å². The number of carbonyl (C=O) groups excluding carboxylic acids is 1. The Morgan fingerprint density at radius 3 is 2.57 bits per heavy atom. The highest BCUT2D eigenvalue weighted by molar-refractivity contribution is 5.69. The fraction of sp³-hybridized carbons (Fsp3) is 0.278. The van der Waals surface area contributed by atoms with Gasteiger partial charge < -0.3 is 9.84 Å². The predicted octanol–water partition coefficient (Wildman–Crippen LogP) is 3.16. The van der Waals surface area contributed by atoms with E-state index in [1.54, 1.807) is 0 Å². The molecule has 0 bridgehead atoms. The number of carbonyl (C=O) groups is 1. The van der Waals surface area contributed by atoms with Crippen molar-refractivity contribution in [1.29, 1.82) is 0 Å². The molecular formula is C18H20O3. The Kier molecular flexibility index (Phi) is 5.52. The van der Waals surface area contributed by atoms with Gasteiger partial charge in [-0.05, 0) is 35.6 Å². The Balaban J connectivity index is 1.81. The number of aryl methyl sites for hydroxylation is 2. The summed E-state index contributed by atoms with van der Waals surface area (Å²) >= 11 is 0. The summed E-state index contributed by atoms with van der Waals surface area (Å²) < 4.78 is 5.24. The van der Waals surface area contributed by atoms with Crippen molar-refractivity contribution in [1.82, 2.24) is 0 Å². The van der Waals surface area contributed by atoms with E-state index in [2.05, 4.69) is 0 Å². The minimum Gasteiger partial charge on any atom is -0.461 e. The smallest absolute Gasteiger partial charge is 0.306 e. The van der Waals surface area contributed by atoms with E-state index in [0.29, 0.717) is 19.4 Å². The van der Waals surface area contributed by atoms with E-state index >= 15 is 0 Å². The molecule has 0 heterocycles. The molecule has 0 aromatic heterocycles. The van der Waals surface area contributed by atoms with E-state index in [4.69, 9.17) is 4.74 Å². The topological polar surface area (TPSA) is 46.5 Å². The van der Waals surface area contributed by atoms with Crippen molar-refractivity contribution in [3.63, 3.8) is 0 Å². The van der Waals surface area contributed by atoms with Crippen molar-refractivity contribution in [3.05, 3.63) is 70.8 Å². The monoisotopic (exact) mass is 284 g/mol. The number of rotatable bonds is 6. The molecule has 0 aliphatic heterocycles. The SMILES string of the molecule is Cc1ccc(CCC(=O)OCc2ccccc2)cc1CO. The second-order valence-corrected chi connectivity index (χ2v) is 5.07. The van der Waals surface area contributed by atoms with E-state index in [1.807, 2.05) is 55.5 Å². The summed E-state index contributed by atoms with van der Waals surface area (Å²) in [4.78, 5) is 11.7. The molecule has 0 fully saturated rings. The maximum absolute atomic E-state index is 11.7. The van der Waals surface area contributed by atoms with Crippen molar-refractivity contribution < 1.29 is 14.6 Å². The lowest BCUT2D eigenvalue weighted by Crippen LogP contribution is -2.06. The lowest BCUT2D eigenvalue weighted by atomic mass is 10.0. The van der Waals surface area contributed by atoms with Gasteiger partial charge in [0.05, 0.1) is 6.61 Å². The van der Waals surface area contributed by atoms with Crippen molar-refractivity contribution >= 4 is 5.97 Å². The van der Waals surface area contributed by atoms with Gasteiger partial charge in [0.1, 0.15) is 6.61 Å². The molecule has 3 nitrogen and oxygen atoms in total. The van der Waals surface area contributed by atoms with Crippen molar-refractivity contribution in [3.8, 4) is 0 Å². The summed E-state index contributed by atoms with van der Waals surface area (Å²) in [6, 6.07) is 15.5. The summed E-state index contributed by atoms with van der Waals surface area (Å²) in [7, 11) is 0. The van der Waals surface area contributed by atoms with E-state index in [1.165, 1.54) is 0 Å². The fourth-order valence-corrected chi connectivity index (χ4v) is 2.11. The first kappa shape index (κ1) is 15.3. The molecular weight excluding hydrogens is 264 g/mol. The third kappa shape index (κ3) is 4.72. The second kappa shape index (κ2) is 7.60. The number of ether oxygens (including phenoxy) is 1. The molecule has 110 valence electrons. The molecule has 2 rings (SSSR count). The summed E-state index contributed by atoms with van der Waals surface area (Å²) in [5, 5.41) is 9.24. The van der Waals surface area contributed by atoms with Gasteiger partial charge >= 0.3 is 5.97 Å². The van der Waals surface area contributed by atoms with Gasteiger partial charge in [0.25, 0.3) is 0 Å². The molecule has 2 aromatic rings. The van der Waals surface area contributed by atoms with Gasteiger partial charge in [0, 0.05) is 6.42 Å². The minimum atomic E-state index is -0.204. The van der Waals surface area contributed by atoms with Gasteiger partial charge in [-0.15, -0.1) is 0 Å². The maximum atomic E-state index is 11.7. The third-order valence-electron chi connectivity index (χ3n) is 3.44. The molecule has 0 aliphatic carbocycles. The molecule has 0 saturated carbocycles. The molecule has 0 amide bonds. The quantitative estimate of drug-likeness (QED) is 0.829. The number of esters is 1. The Morgan fingerprint density at radius 1 is 1.10 bits per heavy atom. The van der Waals surface area contributed by atoms with Crippen LogP contribution in [0.15, 0.2) is 48.5 Å². The van der Waals surface area contributed by atoms with Crippen LogP contribution in [0.25, 0.3) is 0 Å². The van der Waals surface area contributed by atoms with E-state index in [9.17, 15) is 9.90 Å². The zero-order valence-corrected chi connectivity index (χ0v) is 12.2.